The van der Waals surface area contributed by atoms with Gasteiger partial charge in [-0.3, -0.25) is 4.79 Å². The number of esters is 1. The van der Waals surface area contributed by atoms with Crippen molar-refractivity contribution in [3.05, 3.63) is 87.9 Å². The van der Waals surface area contributed by atoms with E-state index in [2.05, 4.69) is 15.4 Å². The number of carbonyl (C=O) groups is 2. The Kier molecular flexibility index (Phi) is 6.75. The van der Waals surface area contributed by atoms with E-state index in [9.17, 15) is 9.59 Å². The van der Waals surface area contributed by atoms with E-state index in [0.717, 1.165) is 11.3 Å². The van der Waals surface area contributed by atoms with Crippen LogP contribution in [-0.4, -0.2) is 19.0 Å². The fourth-order valence-corrected chi connectivity index (χ4v) is 3.23. The highest BCUT2D eigenvalue weighted by Gasteiger charge is 2.12. The summed E-state index contributed by atoms with van der Waals surface area (Å²) in [4.78, 5) is 24.0. The lowest BCUT2D eigenvalue weighted by atomic mass is 10.1. The van der Waals surface area contributed by atoms with E-state index in [1.165, 1.54) is 7.11 Å². The van der Waals surface area contributed by atoms with Gasteiger partial charge in [-0.25, -0.2) is 4.79 Å². The molecule has 0 saturated carbocycles. The average Bonchev–Trinajstić information content (AvgIpc) is 2.72. The van der Waals surface area contributed by atoms with Crippen LogP contribution in [-0.2, 0) is 16.0 Å². The zero-order chi connectivity index (χ0) is 20.8. The number of carbonyl (C=O) groups excluding carboxylic acids is 2. The van der Waals surface area contributed by atoms with Gasteiger partial charge in [-0.1, -0.05) is 47.5 Å². The van der Waals surface area contributed by atoms with Crippen molar-refractivity contribution in [3.8, 4) is 0 Å². The molecule has 7 heteroatoms. The molecule has 3 aromatic rings. The largest absolute Gasteiger partial charge is 0.465 e. The van der Waals surface area contributed by atoms with Crippen LogP contribution in [0.4, 0.5) is 17.1 Å². The number of para-hydroxylation sites is 2. The molecule has 0 aliphatic carbocycles. The highest BCUT2D eigenvalue weighted by atomic mass is 35.5. The molecule has 3 aromatic carbocycles. The van der Waals surface area contributed by atoms with Crippen LogP contribution >= 0.6 is 23.2 Å². The number of anilines is 3. The lowest BCUT2D eigenvalue weighted by molar-refractivity contribution is -0.115. The zero-order valence-corrected chi connectivity index (χ0v) is 17.1. The number of methoxy groups -OCH3 is 1. The van der Waals surface area contributed by atoms with Crippen molar-refractivity contribution < 1.29 is 14.3 Å². The number of benzene rings is 3. The molecule has 0 aliphatic rings. The first-order valence-electron chi connectivity index (χ1n) is 8.75. The molecule has 2 N–H and O–H groups in total. The zero-order valence-electron chi connectivity index (χ0n) is 15.5. The summed E-state index contributed by atoms with van der Waals surface area (Å²) >= 11 is 12.5. The predicted molar refractivity (Wildman–Crippen MR) is 116 cm³/mol. The van der Waals surface area contributed by atoms with Gasteiger partial charge < -0.3 is 15.4 Å². The quantitative estimate of drug-likeness (QED) is 0.493. The fraction of sp³-hybridized carbons (Fsp3) is 0.0909. The Morgan fingerprint density at radius 2 is 1.55 bits per heavy atom. The summed E-state index contributed by atoms with van der Waals surface area (Å²) in [5.74, 6) is -0.628. The van der Waals surface area contributed by atoms with E-state index in [1.54, 1.807) is 42.5 Å². The van der Waals surface area contributed by atoms with Gasteiger partial charge >= 0.3 is 5.97 Å². The first kappa shape index (κ1) is 20.7. The Balaban J connectivity index is 1.72. The van der Waals surface area contributed by atoms with Gasteiger partial charge in [0.1, 0.15) is 0 Å². The topological polar surface area (TPSA) is 67.4 Å². The van der Waals surface area contributed by atoms with Gasteiger partial charge in [-0.15, -0.1) is 0 Å². The van der Waals surface area contributed by atoms with Crippen LogP contribution in [0.15, 0.2) is 66.7 Å². The predicted octanol–water partition coefficient (Wildman–Crippen LogP) is 5.70. The van der Waals surface area contributed by atoms with Crippen LogP contribution in [0, 0.1) is 0 Å². The van der Waals surface area contributed by atoms with Gasteiger partial charge in [0.15, 0.2) is 0 Å². The summed E-state index contributed by atoms with van der Waals surface area (Å²) in [6.07, 6.45) is 0.143. The Hall–Kier alpha value is -3.02. The second kappa shape index (κ2) is 9.45. The summed E-state index contributed by atoms with van der Waals surface area (Å²) in [6.45, 7) is 0. The van der Waals surface area contributed by atoms with E-state index in [0.29, 0.717) is 27.0 Å². The number of rotatable bonds is 6. The van der Waals surface area contributed by atoms with Crippen molar-refractivity contribution in [1.82, 2.24) is 0 Å². The van der Waals surface area contributed by atoms with Crippen molar-refractivity contribution in [2.75, 3.05) is 17.7 Å². The third kappa shape index (κ3) is 5.28. The minimum atomic E-state index is -0.430. The maximum atomic E-state index is 12.5. The second-order valence-electron chi connectivity index (χ2n) is 6.17. The van der Waals surface area contributed by atoms with Crippen molar-refractivity contribution >= 4 is 52.1 Å². The van der Waals surface area contributed by atoms with Crippen LogP contribution in [0.5, 0.6) is 0 Å². The van der Waals surface area contributed by atoms with Crippen LogP contribution in [0.2, 0.25) is 10.0 Å². The van der Waals surface area contributed by atoms with Gasteiger partial charge in [-0.2, -0.15) is 0 Å². The van der Waals surface area contributed by atoms with E-state index >= 15 is 0 Å². The van der Waals surface area contributed by atoms with Gasteiger partial charge in [0.2, 0.25) is 5.91 Å². The standard InChI is InChI=1S/C22H18Cl2N2O3/c1-29-22(28)14-9-11-16(12-10-14)25-20(27)13-15-5-2-3-8-19(15)26-21-17(23)6-4-7-18(21)24/h2-12,26H,13H2,1H3,(H,25,27). The molecule has 0 aromatic heterocycles. The molecular formula is C22H18Cl2N2O3. The summed E-state index contributed by atoms with van der Waals surface area (Å²) in [5.41, 5.74) is 3.10. The molecule has 0 saturated heterocycles. The van der Waals surface area contributed by atoms with Gasteiger partial charge in [0.25, 0.3) is 0 Å². The highest BCUT2D eigenvalue weighted by Crippen LogP contribution is 2.33. The molecule has 5 nitrogen and oxygen atoms in total. The number of ether oxygens (including phenoxy) is 1. The number of hydrogen-bond acceptors (Lipinski definition) is 4. The number of hydrogen-bond donors (Lipinski definition) is 2. The van der Waals surface area contributed by atoms with E-state index in [4.69, 9.17) is 23.2 Å². The van der Waals surface area contributed by atoms with Crippen molar-refractivity contribution in [2.45, 2.75) is 6.42 Å². The summed E-state index contributed by atoms with van der Waals surface area (Å²) in [7, 11) is 1.32. The van der Waals surface area contributed by atoms with Crippen LogP contribution in [0.25, 0.3) is 0 Å². The molecule has 0 atom stereocenters. The lowest BCUT2D eigenvalue weighted by Crippen LogP contribution is -2.15. The molecule has 0 aliphatic heterocycles. The molecule has 29 heavy (non-hydrogen) atoms. The monoisotopic (exact) mass is 428 g/mol. The molecule has 0 radical (unpaired) electrons. The van der Waals surface area contributed by atoms with E-state index in [-0.39, 0.29) is 12.3 Å². The third-order valence-corrected chi connectivity index (χ3v) is 4.81. The highest BCUT2D eigenvalue weighted by molar-refractivity contribution is 6.39. The molecule has 0 heterocycles. The molecule has 1 amide bonds. The maximum absolute atomic E-state index is 12.5. The summed E-state index contributed by atoms with van der Waals surface area (Å²) < 4.78 is 4.66. The van der Waals surface area contributed by atoms with Gasteiger partial charge in [-0.05, 0) is 48.0 Å². The fourth-order valence-electron chi connectivity index (χ4n) is 2.73. The average molecular weight is 429 g/mol. The van der Waals surface area contributed by atoms with Crippen molar-refractivity contribution in [3.63, 3.8) is 0 Å². The SMILES string of the molecule is COC(=O)c1ccc(NC(=O)Cc2ccccc2Nc2c(Cl)cccc2Cl)cc1. The minimum Gasteiger partial charge on any atom is -0.465 e. The van der Waals surface area contributed by atoms with Crippen molar-refractivity contribution in [1.29, 1.82) is 0 Å². The molecule has 3 rings (SSSR count). The Bertz CT molecular complexity index is 1020. The molecule has 148 valence electrons. The first-order valence-corrected chi connectivity index (χ1v) is 9.50. The van der Waals surface area contributed by atoms with Crippen LogP contribution in [0.3, 0.4) is 0 Å². The summed E-state index contributed by atoms with van der Waals surface area (Å²) in [6, 6.07) is 19.2. The molecule has 0 fully saturated rings. The second-order valence-corrected chi connectivity index (χ2v) is 6.99. The van der Waals surface area contributed by atoms with Gasteiger partial charge in [0, 0.05) is 11.4 Å². The Morgan fingerprint density at radius 1 is 0.897 bits per heavy atom. The van der Waals surface area contributed by atoms with E-state index in [1.807, 2.05) is 24.3 Å². The molecule has 0 spiro atoms. The van der Waals surface area contributed by atoms with Crippen molar-refractivity contribution in [2.24, 2.45) is 0 Å². The van der Waals surface area contributed by atoms with E-state index < -0.39 is 5.97 Å². The molecule has 0 unspecified atom stereocenters. The van der Waals surface area contributed by atoms with Gasteiger partial charge in [0.05, 0.1) is 34.8 Å². The lowest BCUT2D eigenvalue weighted by Gasteiger charge is -2.14. The van der Waals surface area contributed by atoms with Crippen LogP contribution in [0.1, 0.15) is 15.9 Å². The smallest absolute Gasteiger partial charge is 0.337 e. The van der Waals surface area contributed by atoms with Crippen LogP contribution < -0.4 is 10.6 Å². The summed E-state index contributed by atoms with van der Waals surface area (Å²) in [5, 5.41) is 7.00. The normalized spacial score (nSPS) is 10.3. The maximum Gasteiger partial charge on any atom is 0.337 e. The Labute approximate surface area is 178 Å². The minimum absolute atomic E-state index is 0.143. The number of halogens is 2. The third-order valence-electron chi connectivity index (χ3n) is 4.18. The Morgan fingerprint density at radius 3 is 2.21 bits per heavy atom. The molecule has 0 bridgehead atoms. The number of amides is 1. The first-order chi connectivity index (χ1) is 14.0. The molecular weight excluding hydrogens is 411 g/mol. The number of nitrogens with one attached hydrogen (secondary N) is 2.